The Hall–Kier alpha value is -1.11. The molecule has 0 aromatic heterocycles. The molecular weight excluding hydrogens is 182 g/mol. The molecule has 0 aromatic carbocycles. The molecule has 0 rings (SSSR count). The van der Waals surface area contributed by atoms with Crippen molar-refractivity contribution < 1.29 is 0 Å². The van der Waals surface area contributed by atoms with Crippen molar-refractivity contribution in [2.24, 2.45) is 10.9 Å². The molecule has 0 heterocycles. The van der Waals surface area contributed by atoms with Crippen molar-refractivity contribution in [3.63, 3.8) is 0 Å². The maximum absolute atomic E-state index is 4.20. The zero-order valence-electron chi connectivity index (χ0n) is 10.5. The normalized spacial score (nSPS) is 14.9. The molecule has 0 aliphatic carbocycles. The van der Waals surface area contributed by atoms with Crippen LogP contribution in [0.2, 0.25) is 0 Å². The van der Waals surface area contributed by atoms with Gasteiger partial charge in [0.05, 0.1) is 5.71 Å². The van der Waals surface area contributed by atoms with E-state index in [4.69, 9.17) is 0 Å². The van der Waals surface area contributed by atoms with Gasteiger partial charge in [-0.2, -0.15) is 0 Å². The van der Waals surface area contributed by atoms with E-state index in [2.05, 4.69) is 45.0 Å². The first-order chi connectivity index (χ1) is 7.04. The van der Waals surface area contributed by atoms with Gasteiger partial charge in [0.15, 0.2) is 0 Å². The van der Waals surface area contributed by atoms with Crippen LogP contribution >= 0.6 is 0 Å². The lowest BCUT2D eigenvalue weighted by molar-refractivity contribution is 0.557. The summed E-state index contributed by atoms with van der Waals surface area (Å²) < 4.78 is 0. The Labute approximate surface area is 94.3 Å². The van der Waals surface area contributed by atoms with E-state index < -0.39 is 0 Å². The molecule has 0 N–H and O–H groups in total. The topological polar surface area (TPSA) is 12.4 Å². The predicted octanol–water partition coefficient (Wildman–Crippen LogP) is 4.18. The first kappa shape index (κ1) is 13.9. The molecular formula is C14H23N. The summed E-state index contributed by atoms with van der Waals surface area (Å²) in [5.74, 6) is 0.733. The van der Waals surface area contributed by atoms with Crippen molar-refractivity contribution >= 4 is 5.71 Å². The van der Waals surface area contributed by atoms with Crippen LogP contribution in [0.1, 0.15) is 33.6 Å². The molecule has 0 radical (unpaired) electrons. The smallest absolute Gasteiger partial charge is 0.0636 e. The van der Waals surface area contributed by atoms with E-state index in [1.807, 2.05) is 0 Å². The van der Waals surface area contributed by atoms with Crippen LogP contribution in [0, 0.1) is 5.92 Å². The molecule has 15 heavy (non-hydrogen) atoms. The third-order valence-corrected chi connectivity index (χ3v) is 2.57. The van der Waals surface area contributed by atoms with Crippen LogP contribution < -0.4 is 0 Å². The van der Waals surface area contributed by atoms with Crippen molar-refractivity contribution in [1.82, 2.24) is 0 Å². The van der Waals surface area contributed by atoms with Crippen molar-refractivity contribution in [3.8, 4) is 0 Å². The van der Waals surface area contributed by atoms with E-state index in [-0.39, 0.29) is 0 Å². The number of allylic oxidation sites excluding steroid dienone is 4. The summed E-state index contributed by atoms with van der Waals surface area (Å²) in [6, 6.07) is 0. The average molecular weight is 205 g/mol. The van der Waals surface area contributed by atoms with Gasteiger partial charge < -0.3 is 0 Å². The molecule has 0 fully saturated rings. The van der Waals surface area contributed by atoms with Gasteiger partial charge in [-0.1, -0.05) is 45.1 Å². The third-order valence-electron chi connectivity index (χ3n) is 2.57. The first-order valence-corrected chi connectivity index (χ1v) is 5.50. The zero-order valence-corrected chi connectivity index (χ0v) is 10.5. The molecule has 0 spiro atoms. The van der Waals surface area contributed by atoms with E-state index >= 15 is 0 Å². The van der Waals surface area contributed by atoms with E-state index in [9.17, 15) is 0 Å². The first-order valence-electron chi connectivity index (χ1n) is 5.50. The van der Waals surface area contributed by atoms with Crippen LogP contribution in [0.3, 0.4) is 0 Å². The minimum atomic E-state index is 0.733. The predicted molar refractivity (Wildman–Crippen MR) is 70.5 cm³/mol. The summed E-state index contributed by atoms with van der Waals surface area (Å²) in [5, 5.41) is 0. The lowest BCUT2D eigenvalue weighted by atomic mass is 9.98. The molecule has 0 saturated heterocycles. The second-order valence-electron chi connectivity index (χ2n) is 4.05. The zero-order chi connectivity index (χ0) is 11.8. The highest BCUT2D eigenvalue weighted by Gasteiger charge is 2.02. The monoisotopic (exact) mass is 205 g/mol. The van der Waals surface area contributed by atoms with Gasteiger partial charge in [0.2, 0.25) is 0 Å². The van der Waals surface area contributed by atoms with Gasteiger partial charge in [-0.25, -0.2) is 0 Å². The van der Waals surface area contributed by atoms with E-state index in [0.29, 0.717) is 0 Å². The Kier molecular flexibility index (Phi) is 6.68. The van der Waals surface area contributed by atoms with Gasteiger partial charge in [-0.3, -0.25) is 4.99 Å². The molecule has 0 aliphatic heterocycles. The third kappa shape index (κ3) is 5.36. The van der Waals surface area contributed by atoms with Gasteiger partial charge in [-0.15, -0.1) is 0 Å². The Morgan fingerprint density at radius 2 is 2.07 bits per heavy atom. The van der Waals surface area contributed by atoms with Crippen LogP contribution in [0.15, 0.2) is 41.4 Å². The Balaban J connectivity index is 4.57. The number of nitrogens with zero attached hydrogens (tertiary/aromatic N) is 1. The summed E-state index contributed by atoms with van der Waals surface area (Å²) in [5.41, 5.74) is 3.18. The largest absolute Gasteiger partial charge is 0.288 e. The minimum Gasteiger partial charge on any atom is -0.288 e. The molecule has 1 nitrogen and oxygen atoms in total. The highest BCUT2D eigenvalue weighted by Crippen LogP contribution is 2.14. The average Bonchev–Trinajstić information content (AvgIpc) is 2.24. The van der Waals surface area contributed by atoms with Gasteiger partial charge in [0.25, 0.3) is 0 Å². The minimum absolute atomic E-state index is 0.733. The van der Waals surface area contributed by atoms with Gasteiger partial charge >= 0.3 is 0 Å². The standard InChI is InChI=1S/C14H23N/c1-7-11(3)9-12(4)10-14(15-6)13(5)8-2/h8,10-11H,2,5,7,9H2,1,3-4,6H3/b12-10+,15-14?. The van der Waals surface area contributed by atoms with Gasteiger partial charge in [-0.05, 0) is 30.9 Å². The molecule has 0 amide bonds. The van der Waals surface area contributed by atoms with Crippen LogP contribution in [0.5, 0.6) is 0 Å². The lowest BCUT2D eigenvalue weighted by Crippen LogP contribution is -1.99. The van der Waals surface area contributed by atoms with Crippen LogP contribution in [-0.4, -0.2) is 12.8 Å². The Bertz CT molecular complexity index is 282. The van der Waals surface area contributed by atoms with Crippen LogP contribution in [0.4, 0.5) is 0 Å². The van der Waals surface area contributed by atoms with E-state index in [1.54, 1.807) is 13.1 Å². The number of aliphatic imine (C=N–C) groups is 1. The highest BCUT2D eigenvalue weighted by molar-refractivity contribution is 6.10. The van der Waals surface area contributed by atoms with Crippen molar-refractivity contribution in [1.29, 1.82) is 0 Å². The molecule has 1 heteroatoms. The summed E-state index contributed by atoms with van der Waals surface area (Å²) in [7, 11) is 1.79. The maximum Gasteiger partial charge on any atom is 0.0636 e. The Morgan fingerprint density at radius 3 is 2.47 bits per heavy atom. The summed E-state index contributed by atoms with van der Waals surface area (Å²) in [6.07, 6.45) is 6.19. The molecule has 1 atom stereocenters. The summed E-state index contributed by atoms with van der Waals surface area (Å²) >= 11 is 0. The fraction of sp³-hybridized carbons (Fsp3) is 0.500. The Morgan fingerprint density at radius 1 is 1.47 bits per heavy atom. The molecule has 0 aromatic rings. The second-order valence-corrected chi connectivity index (χ2v) is 4.05. The van der Waals surface area contributed by atoms with Gasteiger partial charge in [0, 0.05) is 7.05 Å². The van der Waals surface area contributed by atoms with Gasteiger partial charge in [0.1, 0.15) is 0 Å². The number of rotatable bonds is 6. The molecule has 1 unspecified atom stereocenters. The van der Waals surface area contributed by atoms with E-state index in [1.165, 1.54) is 12.0 Å². The number of hydrogen-bond acceptors (Lipinski definition) is 1. The summed E-state index contributed by atoms with van der Waals surface area (Å²) in [4.78, 5) is 4.20. The van der Waals surface area contributed by atoms with Crippen molar-refractivity contribution in [2.75, 3.05) is 7.05 Å². The SMILES string of the molecule is C=CC(=C)C(/C=C(\C)CC(C)CC)=NC. The fourth-order valence-electron chi connectivity index (χ4n) is 1.39. The molecule has 0 saturated carbocycles. The number of hydrogen-bond donors (Lipinski definition) is 0. The van der Waals surface area contributed by atoms with E-state index in [0.717, 1.165) is 23.6 Å². The van der Waals surface area contributed by atoms with Crippen LogP contribution in [-0.2, 0) is 0 Å². The maximum atomic E-state index is 4.20. The van der Waals surface area contributed by atoms with Crippen molar-refractivity contribution in [3.05, 3.63) is 36.5 Å². The fourth-order valence-corrected chi connectivity index (χ4v) is 1.39. The quantitative estimate of drug-likeness (QED) is 0.455. The highest BCUT2D eigenvalue weighted by atomic mass is 14.7. The lowest BCUT2D eigenvalue weighted by Gasteiger charge is -2.09. The second kappa shape index (κ2) is 7.22. The molecule has 0 aliphatic rings. The summed E-state index contributed by atoms with van der Waals surface area (Å²) in [6.45, 7) is 14.2. The molecule has 0 bridgehead atoms. The molecule has 84 valence electrons. The van der Waals surface area contributed by atoms with Crippen LogP contribution in [0.25, 0.3) is 0 Å². The van der Waals surface area contributed by atoms with Crippen molar-refractivity contribution in [2.45, 2.75) is 33.6 Å².